The summed E-state index contributed by atoms with van der Waals surface area (Å²) in [6.45, 7) is 54.4. The fraction of sp³-hybridized carbons (Fsp3) is 0.541. The van der Waals surface area contributed by atoms with Crippen LogP contribution in [0.4, 0.5) is 0 Å². The highest BCUT2D eigenvalue weighted by molar-refractivity contribution is 7.81. The molecule has 0 bridgehead atoms. The van der Waals surface area contributed by atoms with Crippen LogP contribution in [0.15, 0.2) is 60.7 Å². The number of nitrogens with zero attached hydrogens (tertiary/aromatic N) is 2. The Balaban J connectivity index is 2.09. The van der Waals surface area contributed by atoms with Gasteiger partial charge in [-0.1, -0.05) is 166 Å². The summed E-state index contributed by atoms with van der Waals surface area (Å²) in [7, 11) is 10.6. The molecule has 0 atom stereocenters. The van der Waals surface area contributed by atoms with E-state index >= 15 is 0 Å². The number of aromatic nitrogens is 2. The minimum Gasteiger partial charge on any atom is -0.496 e. The number of pyridine rings is 2. The zero-order valence-electron chi connectivity index (χ0n) is 58.8. The van der Waals surface area contributed by atoms with Crippen molar-refractivity contribution in [3.8, 4) is 57.6 Å². The van der Waals surface area contributed by atoms with Gasteiger partial charge in [0.1, 0.15) is 23.0 Å². The van der Waals surface area contributed by atoms with Gasteiger partial charge >= 0.3 is 0 Å². The molecule has 0 N–H and O–H groups in total. The van der Waals surface area contributed by atoms with Crippen molar-refractivity contribution in [2.75, 3.05) is 56.9 Å². The molecule has 0 aliphatic heterocycles. The Hall–Kier alpha value is -5.56. The van der Waals surface area contributed by atoms with Crippen molar-refractivity contribution in [3.05, 3.63) is 105 Å². The third-order valence-electron chi connectivity index (χ3n) is 16.0. The summed E-state index contributed by atoms with van der Waals surface area (Å²) in [5.41, 5.74) is 7.64. The van der Waals surface area contributed by atoms with Gasteiger partial charge in [-0.2, -0.15) is 9.97 Å². The van der Waals surface area contributed by atoms with E-state index < -0.39 is 15.8 Å². The molecule has 0 unspecified atom stereocenters. The molecule has 0 spiro atoms. The summed E-state index contributed by atoms with van der Waals surface area (Å²) < 4.78 is 52.2. The largest absolute Gasteiger partial charge is 0.496 e. The second-order valence-electron chi connectivity index (χ2n) is 31.1. The van der Waals surface area contributed by atoms with Gasteiger partial charge in [0.15, 0.2) is 0 Å². The smallest absolute Gasteiger partial charge is 0.225 e. The quantitative estimate of drug-likeness (QED) is 0.0924. The molecule has 2 heterocycles. The van der Waals surface area contributed by atoms with Crippen molar-refractivity contribution < 1.29 is 37.9 Å². The fourth-order valence-electron chi connectivity index (χ4n) is 11.5. The van der Waals surface area contributed by atoms with Crippen LogP contribution in [0.5, 0.6) is 46.5 Å². The SMILES string of the molecule is COc1cc(P(c2cc(C(C)(C)C)c(OC)c(C(C)(C)C)c2)c2cc(C(C)(C)C)c(OC)c(C(C)(C)C)c2)c(-c2c(P(c3cc(C(C)(C)C)c(OC)c(C(C)(C)C)c3)c3cc(C(C)(C)C)c(OC)c(C(C)(C)C)c3)cc(OC)nc2OC)c(OC)n1. The molecule has 0 saturated carbocycles. The minimum absolute atomic E-state index is 0.329. The molecule has 4 aromatic carbocycles. The maximum atomic E-state index is 6.75. The monoisotopic (exact) mass is 1210 g/mol. The topological polar surface area (TPSA) is 99.6 Å². The lowest BCUT2D eigenvalue weighted by Gasteiger charge is -2.35. The van der Waals surface area contributed by atoms with Crippen LogP contribution in [0.2, 0.25) is 0 Å². The molecule has 2 aromatic heterocycles. The Kier molecular flexibility index (Phi) is 20.0. The molecule has 12 heteroatoms. The van der Waals surface area contributed by atoms with E-state index in [9.17, 15) is 0 Å². The predicted molar refractivity (Wildman–Crippen MR) is 367 cm³/mol. The van der Waals surface area contributed by atoms with E-state index in [1.807, 2.05) is 0 Å². The van der Waals surface area contributed by atoms with Crippen molar-refractivity contribution >= 4 is 47.7 Å². The molecular formula is C74H106N2O8P2. The first kappa shape index (κ1) is 69.5. The van der Waals surface area contributed by atoms with Crippen molar-refractivity contribution in [3.63, 3.8) is 0 Å². The molecule has 0 amide bonds. The molecule has 470 valence electrons. The van der Waals surface area contributed by atoms with E-state index in [1.54, 1.807) is 56.9 Å². The maximum absolute atomic E-state index is 6.75. The van der Waals surface area contributed by atoms with E-state index in [2.05, 4.69) is 227 Å². The summed E-state index contributed by atoms with van der Waals surface area (Å²) in [6.07, 6.45) is 0. The molecule has 0 saturated heterocycles. The zero-order valence-corrected chi connectivity index (χ0v) is 60.6. The highest BCUT2D eigenvalue weighted by Crippen LogP contribution is 2.53. The Bertz CT molecular complexity index is 2920. The molecular weight excluding hydrogens is 1110 g/mol. The lowest BCUT2D eigenvalue weighted by Crippen LogP contribution is -2.32. The maximum Gasteiger partial charge on any atom is 0.225 e. The van der Waals surface area contributed by atoms with Gasteiger partial charge in [-0.25, -0.2) is 0 Å². The van der Waals surface area contributed by atoms with Crippen molar-refractivity contribution in [2.45, 2.75) is 209 Å². The Labute approximate surface area is 522 Å². The average Bonchev–Trinajstić information content (AvgIpc) is 0.812. The molecule has 0 fully saturated rings. The van der Waals surface area contributed by atoms with Gasteiger partial charge in [-0.15, -0.1) is 0 Å². The van der Waals surface area contributed by atoms with Crippen LogP contribution in [-0.4, -0.2) is 66.8 Å². The van der Waals surface area contributed by atoms with Crippen LogP contribution in [0.1, 0.15) is 211 Å². The molecule has 6 rings (SSSR count). The predicted octanol–water partition coefficient (Wildman–Crippen LogP) is 16.1. The van der Waals surface area contributed by atoms with Crippen LogP contribution in [0.3, 0.4) is 0 Å². The Morgan fingerprint density at radius 2 is 0.419 bits per heavy atom. The van der Waals surface area contributed by atoms with Crippen LogP contribution in [-0.2, 0) is 43.3 Å². The molecule has 0 aliphatic carbocycles. The zero-order chi connectivity index (χ0) is 65.2. The fourth-order valence-corrected chi connectivity index (χ4v) is 16.6. The van der Waals surface area contributed by atoms with E-state index in [4.69, 9.17) is 47.9 Å². The third kappa shape index (κ3) is 14.1. The summed E-state index contributed by atoms with van der Waals surface area (Å²) in [6, 6.07) is 23.3. The number of methoxy groups -OCH3 is 8. The highest BCUT2D eigenvalue weighted by Gasteiger charge is 2.40. The van der Waals surface area contributed by atoms with Crippen molar-refractivity contribution in [1.29, 1.82) is 0 Å². The molecule has 6 aromatic rings. The van der Waals surface area contributed by atoms with E-state index in [0.717, 1.165) is 110 Å². The standard InChI is InChI=1S/C74H106N2O8P2/c1-67(2,3)47-33-43(34-48(61(47)79-27)68(4,5)6)85(44-35-49(69(7,8)9)62(80-28)50(36-44)70(10,11)12)55-41-57(77-25)75-65(83-31)59(55)60-56(42-58(78-26)76-66(60)84-32)86(45-37-51(71(13,14)15)63(81-29)52(38-45)72(16,17)18)46-39-53(73(19,20)21)64(82-30)54(40-46)74(22,23)24/h33-42H,1-32H3. The van der Waals surface area contributed by atoms with Gasteiger partial charge in [0, 0.05) is 67.2 Å². The van der Waals surface area contributed by atoms with Crippen LogP contribution in [0, 0.1) is 0 Å². The van der Waals surface area contributed by atoms with Crippen molar-refractivity contribution in [1.82, 2.24) is 9.97 Å². The van der Waals surface area contributed by atoms with Gasteiger partial charge in [0.25, 0.3) is 0 Å². The summed E-state index contributed by atoms with van der Waals surface area (Å²) in [4.78, 5) is 10.6. The van der Waals surface area contributed by atoms with E-state index in [1.165, 1.54) is 0 Å². The number of hydrogen-bond acceptors (Lipinski definition) is 10. The lowest BCUT2D eigenvalue weighted by molar-refractivity contribution is 0.362. The Morgan fingerprint density at radius 3 is 0.547 bits per heavy atom. The third-order valence-corrected chi connectivity index (χ3v) is 20.8. The van der Waals surface area contributed by atoms with Crippen LogP contribution in [0.25, 0.3) is 11.1 Å². The normalized spacial score (nSPS) is 13.1. The molecule has 10 nitrogen and oxygen atoms in total. The number of ether oxygens (including phenoxy) is 8. The first-order valence-corrected chi connectivity index (χ1v) is 32.8. The van der Waals surface area contributed by atoms with Gasteiger partial charge in [0.2, 0.25) is 23.5 Å². The van der Waals surface area contributed by atoms with E-state index in [0.29, 0.717) is 23.5 Å². The molecule has 86 heavy (non-hydrogen) atoms. The Morgan fingerprint density at radius 1 is 0.244 bits per heavy atom. The van der Waals surface area contributed by atoms with Gasteiger partial charge in [0.05, 0.1) is 68.0 Å². The number of benzene rings is 4. The average molecular weight is 1210 g/mol. The summed E-state index contributed by atoms with van der Waals surface area (Å²) in [5, 5.41) is 6.31. The van der Waals surface area contributed by atoms with E-state index in [-0.39, 0.29) is 43.3 Å². The summed E-state index contributed by atoms with van der Waals surface area (Å²) >= 11 is 0. The lowest BCUT2D eigenvalue weighted by atomic mass is 9.79. The minimum atomic E-state index is -1.64. The highest BCUT2D eigenvalue weighted by atomic mass is 31.1. The van der Waals surface area contributed by atoms with Gasteiger partial charge in [-0.05, 0) is 129 Å². The van der Waals surface area contributed by atoms with Crippen molar-refractivity contribution in [2.24, 2.45) is 0 Å². The first-order valence-electron chi connectivity index (χ1n) is 30.2. The van der Waals surface area contributed by atoms with Gasteiger partial charge < -0.3 is 37.9 Å². The van der Waals surface area contributed by atoms with Crippen LogP contribution >= 0.6 is 15.8 Å². The number of hydrogen-bond donors (Lipinski definition) is 0. The van der Waals surface area contributed by atoms with Gasteiger partial charge in [-0.3, -0.25) is 0 Å². The first-order chi connectivity index (χ1) is 39.4. The second-order valence-corrected chi connectivity index (χ2v) is 35.5. The number of rotatable bonds is 15. The van der Waals surface area contributed by atoms with Crippen LogP contribution < -0.4 is 69.7 Å². The second kappa shape index (κ2) is 24.8. The molecule has 0 aliphatic rings. The summed E-state index contributed by atoms with van der Waals surface area (Å²) in [5.74, 6) is 5.06. The molecule has 0 radical (unpaired) electrons.